The molecule has 0 N–H and O–H groups in total. The van der Waals surface area contributed by atoms with Crippen LogP contribution in [0.2, 0.25) is 0 Å². The van der Waals surface area contributed by atoms with E-state index in [1.54, 1.807) is 0 Å². The second-order valence-electron chi connectivity index (χ2n) is 4.65. The second kappa shape index (κ2) is 6.87. The van der Waals surface area contributed by atoms with Crippen molar-refractivity contribution in [3.8, 4) is 6.07 Å². The molecule has 0 radical (unpaired) electrons. The van der Waals surface area contributed by atoms with Gasteiger partial charge in [0, 0.05) is 0 Å². The van der Waals surface area contributed by atoms with Crippen LogP contribution in [0.1, 0.15) is 66.2 Å². The van der Waals surface area contributed by atoms with Gasteiger partial charge in [-0.1, -0.05) is 46.5 Å². The molecular formula is C13H25N. The molecule has 2 atom stereocenters. The van der Waals surface area contributed by atoms with Gasteiger partial charge in [0.25, 0.3) is 0 Å². The molecule has 0 aromatic carbocycles. The van der Waals surface area contributed by atoms with Gasteiger partial charge < -0.3 is 0 Å². The van der Waals surface area contributed by atoms with Crippen LogP contribution in [0.15, 0.2) is 0 Å². The Hall–Kier alpha value is -0.510. The predicted octanol–water partition coefficient (Wildman–Crippen LogP) is 4.53. The van der Waals surface area contributed by atoms with Crippen molar-refractivity contribution in [1.29, 1.82) is 5.26 Å². The molecule has 0 spiro atoms. The molecule has 82 valence electrons. The molecule has 0 rings (SSSR count). The Labute approximate surface area is 89.5 Å². The molecule has 0 aromatic rings. The summed E-state index contributed by atoms with van der Waals surface area (Å²) >= 11 is 0. The summed E-state index contributed by atoms with van der Waals surface area (Å²) in [6.07, 6.45) is 7.15. The van der Waals surface area contributed by atoms with Gasteiger partial charge in [0.15, 0.2) is 0 Å². The minimum Gasteiger partial charge on any atom is -0.198 e. The van der Waals surface area contributed by atoms with E-state index < -0.39 is 0 Å². The lowest BCUT2D eigenvalue weighted by Gasteiger charge is -2.25. The van der Waals surface area contributed by atoms with Crippen molar-refractivity contribution in [3.63, 3.8) is 0 Å². The number of nitriles is 1. The van der Waals surface area contributed by atoms with Crippen LogP contribution in [0.4, 0.5) is 0 Å². The predicted molar refractivity (Wildman–Crippen MR) is 61.9 cm³/mol. The van der Waals surface area contributed by atoms with Gasteiger partial charge >= 0.3 is 0 Å². The number of unbranched alkanes of at least 4 members (excludes halogenated alkanes) is 1. The van der Waals surface area contributed by atoms with E-state index in [-0.39, 0.29) is 5.41 Å². The molecule has 0 saturated heterocycles. The lowest BCUT2D eigenvalue weighted by atomic mass is 9.78. The molecule has 2 unspecified atom stereocenters. The summed E-state index contributed by atoms with van der Waals surface area (Å²) in [4.78, 5) is 0. The fraction of sp³-hybridized carbons (Fsp3) is 0.923. The zero-order chi connectivity index (χ0) is 11.0. The summed E-state index contributed by atoms with van der Waals surface area (Å²) < 4.78 is 0. The van der Waals surface area contributed by atoms with E-state index in [9.17, 15) is 0 Å². The fourth-order valence-corrected chi connectivity index (χ4v) is 1.85. The molecule has 1 nitrogen and oxygen atoms in total. The van der Waals surface area contributed by atoms with Crippen molar-refractivity contribution in [2.24, 2.45) is 11.3 Å². The van der Waals surface area contributed by atoms with E-state index >= 15 is 0 Å². The Morgan fingerprint density at radius 1 is 1.29 bits per heavy atom. The first-order valence-electron chi connectivity index (χ1n) is 6.03. The van der Waals surface area contributed by atoms with Crippen molar-refractivity contribution >= 4 is 0 Å². The largest absolute Gasteiger partial charge is 0.198 e. The molecule has 0 amide bonds. The lowest BCUT2D eigenvalue weighted by molar-refractivity contribution is 0.283. The van der Waals surface area contributed by atoms with E-state index in [2.05, 4.69) is 33.8 Å². The number of nitrogens with zero attached hydrogens (tertiary/aromatic N) is 1. The van der Waals surface area contributed by atoms with Gasteiger partial charge in [0.1, 0.15) is 0 Å². The SMILES string of the molecule is CCCCC(CC)CC(C)(C#N)CC. The topological polar surface area (TPSA) is 23.8 Å². The van der Waals surface area contributed by atoms with Crippen LogP contribution >= 0.6 is 0 Å². The van der Waals surface area contributed by atoms with Crippen LogP contribution in [-0.2, 0) is 0 Å². The smallest absolute Gasteiger partial charge is 0.0686 e. The molecule has 0 heterocycles. The van der Waals surface area contributed by atoms with Crippen LogP contribution < -0.4 is 0 Å². The van der Waals surface area contributed by atoms with E-state index in [1.807, 2.05) is 0 Å². The molecule has 1 heteroatoms. The first kappa shape index (κ1) is 13.5. The Bertz CT molecular complexity index is 180. The van der Waals surface area contributed by atoms with E-state index in [4.69, 9.17) is 5.26 Å². The first-order chi connectivity index (χ1) is 6.61. The van der Waals surface area contributed by atoms with Gasteiger partial charge in [-0.2, -0.15) is 5.26 Å². The van der Waals surface area contributed by atoms with Gasteiger partial charge in [0.05, 0.1) is 11.5 Å². The average Bonchev–Trinajstić information content (AvgIpc) is 2.23. The molecule has 0 fully saturated rings. The Kier molecular flexibility index (Phi) is 6.62. The van der Waals surface area contributed by atoms with Crippen molar-refractivity contribution in [2.75, 3.05) is 0 Å². The Balaban J connectivity index is 4.09. The first-order valence-corrected chi connectivity index (χ1v) is 6.03. The highest BCUT2D eigenvalue weighted by atomic mass is 14.4. The van der Waals surface area contributed by atoms with Gasteiger partial charge in [-0.05, 0) is 25.7 Å². The zero-order valence-corrected chi connectivity index (χ0v) is 10.3. The van der Waals surface area contributed by atoms with Gasteiger partial charge in [0.2, 0.25) is 0 Å². The maximum Gasteiger partial charge on any atom is 0.0686 e. The highest BCUT2D eigenvalue weighted by molar-refractivity contribution is 4.95. The zero-order valence-electron chi connectivity index (χ0n) is 10.3. The van der Waals surface area contributed by atoms with Crippen molar-refractivity contribution in [3.05, 3.63) is 0 Å². The number of hydrogen-bond acceptors (Lipinski definition) is 1. The third kappa shape index (κ3) is 4.65. The summed E-state index contributed by atoms with van der Waals surface area (Å²) in [6, 6.07) is 2.47. The van der Waals surface area contributed by atoms with Crippen molar-refractivity contribution < 1.29 is 0 Å². The van der Waals surface area contributed by atoms with Gasteiger partial charge in [-0.3, -0.25) is 0 Å². The Morgan fingerprint density at radius 3 is 2.29 bits per heavy atom. The van der Waals surface area contributed by atoms with Gasteiger partial charge in [-0.25, -0.2) is 0 Å². The summed E-state index contributed by atoms with van der Waals surface area (Å²) in [6.45, 7) is 8.70. The third-order valence-corrected chi connectivity index (χ3v) is 3.33. The molecular weight excluding hydrogens is 170 g/mol. The summed E-state index contributed by atoms with van der Waals surface area (Å²) in [5.41, 5.74) is -0.0889. The van der Waals surface area contributed by atoms with Crippen LogP contribution in [0.5, 0.6) is 0 Å². The summed E-state index contributed by atoms with van der Waals surface area (Å²) in [5.74, 6) is 0.750. The van der Waals surface area contributed by atoms with Crippen LogP contribution in [0.25, 0.3) is 0 Å². The number of hydrogen-bond donors (Lipinski definition) is 0. The summed E-state index contributed by atoms with van der Waals surface area (Å²) in [5, 5.41) is 9.11. The maximum absolute atomic E-state index is 9.11. The molecule has 0 bridgehead atoms. The molecule has 14 heavy (non-hydrogen) atoms. The molecule has 0 aliphatic carbocycles. The van der Waals surface area contributed by atoms with Crippen LogP contribution in [-0.4, -0.2) is 0 Å². The normalized spacial score (nSPS) is 17.1. The monoisotopic (exact) mass is 195 g/mol. The minimum atomic E-state index is -0.0889. The maximum atomic E-state index is 9.11. The van der Waals surface area contributed by atoms with Gasteiger partial charge in [-0.15, -0.1) is 0 Å². The lowest BCUT2D eigenvalue weighted by Crippen LogP contribution is -2.17. The molecule has 0 aromatic heterocycles. The van der Waals surface area contributed by atoms with Crippen LogP contribution in [0.3, 0.4) is 0 Å². The average molecular weight is 195 g/mol. The highest BCUT2D eigenvalue weighted by Crippen LogP contribution is 2.32. The minimum absolute atomic E-state index is 0.0889. The standard InChI is InChI=1S/C13H25N/c1-5-8-9-12(6-2)10-13(4,7-3)11-14/h12H,5-10H2,1-4H3. The molecule has 0 aliphatic rings. The van der Waals surface area contributed by atoms with Crippen molar-refractivity contribution in [1.82, 2.24) is 0 Å². The van der Waals surface area contributed by atoms with E-state index in [0.717, 1.165) is 18.8 Å². The molecule has 0 aliphatic heterocycles. The fourth-order valence-electron chi connectivity index (χ4n) is 1.85. The van der Waals surface area contributed by atoms with E-state index in [0.29, 0.717) is 0 Å². The second-order valence-corrected chi connectivity index (χ2v) is 4.65. The van der Waals surface area contributed by atoms with Crippen LogP contribution in [0, 0.1) is 22.7 Å². The Morgan fingerprint density at radius 2 is 1.93 bits per heavy atom. The quantitative estimate of drug-likeness (QED) is 0.585. The van der Waals surface area contributed by atoms with Crippen molar-refractivity contribution in [2.45, 2.75) is 66.2 Å². The highest BCUT2D eigenvalue weighted by Gasteiger charge is 2.24. The molecule has 0 saturated carbocycles. The number of rotatable bonds is 7. The third-order valence-electron chi connectivity index (χ3n) is 3.33. The van der Waals surface area contributed by atoms with E-state index in [1.165, 1.54) is 25.7 Å². The summed E-state index contributed by atoms with van der Waals surface area (Å²) in [7, 11) is 0.